The standard InChI is InChI=1S/C8H6ClN3O/c1-4-5(2-13)6-7(9)10-3-11-8(6)12-4/h2-3H,1H3,(H,10,11,12). The number of carbonyl (C=O) groups excluding carboxylic acids is 1. The number of hydrogen-bond donors (Lipinski definition) is 1. The first-order valence-electron chi connectivity index (χ1n) is 3.68. The minimum atomic E-state index is 0.302. The van der Waals surface area contributed by atoms with E-state index in [0.29, 0.717) is 21.7 Å². The Labute approximate surface area is 79.0 Å². The average Bonchev–Trinajstić information content (AvgIpc) is 2.42. The van der Waals surface area contributed by atoms with Crippen molar-refractivity contribution in [3.05, 3.63) is 22.7 Å². The van der Waals surface area contributed by atoms with Crippen LogP contribution in [-0.2, 0) is 0 Å². The minimum Gasteiger partial charge on any atom is -0.343 e. The maximum absolute atomic E-state index is 10.7. The summed E-state index contributed by atoms with van der Waals surface area (Å²) in [6.45, 7) is 1.79. The summed E-state index contributed by atoms with van der Waals surface area (Å²) in [6.07, 6.45) is 2.11. The predicted octanol–water partition coefficient (Wildman–Crippen LogP) is 1.73. The maximum atomic E-state index is 10.7. The maximum Gasteiger partial charge on any atom is 0.152 e. The molecule has 0 aliphatic heterocycles. The zero-order valence-electron chi connectivity index (χ0n) is 6.84. The van der Waals surface area contributed by atoms with Crippen LogP contribution in [0.5, 0.6) is 0 Å². The molecule has 0 amide bonds. The summed E-state index contributed by atoms with van der Waals surface area (Å²) in [6, 6.07) is 0. The van der Waals surface area contributed by atoms with Crippen LogP contribution in [0.1, 0.15) is 16.1 Å². The van der Waals surface area contributed by atoms with Gasteiger partial charge in [-0.15, -0.1) is 0 Å². The Balaban J connectivity index is 2.96. The number of aldehydes is 1. The topological polar surface area (TPSA) is 58.6 Å². The van der Waals surface area contributed by atoms with Gasteiger partial charge in [0.25, 0.3) is 0 Å². The molecule has 0 saturated heterocycles. The van der Waals surface area contributed by atoms with Gasteiger partial charge in [-0.3, -0.25) is 4.79 Å². The number of aromatic amines is 1. The summed E-state index contributed by atoms with van der Waals surface area (Å²) in [5.74, 6) is 0. The third kappa shape index (κ3) is 1.10. The van der Waals surface area contributed by atoms with Crippen molar-refractivity contribution >= 4 is 28.9 Å². The van der Waals surface area contributed by atoms with Gasteiger partial charge in [-0.1, -0.05) is 11.6 Å². The highest BCUT2D eigenvalue weighted by atomic mass is 35.5. The van der Waals surface area contributed by atoms with Crippen LogP contribution < -0.4 is 0 Å². The SMILES string of the molecule is Cc1[nH]c2ncnc(Cl)c2c1C=O. The molecule has 2 rings (SSSR count). The second kappa shape index (κ2) is 2.81. The van der Waals surface area contributed by atoms with Crippen LogP contribution in [0.15, 0.2) is 6.33 Å². The molecule has 0 saturated carbocycles. The molecule has 4 nitrogen and oxygen atoms in total. The molecule has 66 valence electrons. The Morgan fingerprint density at radius 2 is 2.31 bits per heavy atom. The number of fused-ring (bicyclic) bond motifs is 1. The van der Waals surface area contributed by atoms with Crippen molar-refractivity contribution in [3.63, 3.8) is 0 Å². The van der Waals surface area contributed by atoms with Crippen molar-refractivity contribution in [1.29, 1.82) is 0 Å². The number of nitrogens with zero attached hydrogens (tertiary/aromatic N) is 2. The first kappa shape index (κ1) is 8.19. The van der Waals surface area contributed by atoms with Crippen molar-refractivity contribution in [2.24, 2.45) is 0 Å². The fourth-order valence-corrected chi connectivity index (χ4v) is 1.51. The lowest BCUT2D eigenvalue weighted by molar-refractivity contribution is 0.112. The first-order chi connectivity index (χ1) is 6.24. The van der Waals surface area contributed by atoms with Gasteiger partial charge in [0, 0.05) is 11.3 Å². The third-order valence-electron chi connectivity index (χ3n) is 1.90. The molecule has 0 radical (unpaired) electrons. The molecular weight excluding hydrogens is 190 g/mol. The second-order valence-electron chi connectivity index (χ2n) is 2.67. The largest absolute Gasteiger partial charge is 0.343 e. The van der Waals surface area contributed by atoms with Crippen molar-refractivity contribution in [1.82, 2.24) is 15.0 Å². The van der Waals surface area contributed by atoms with E-state index in [9.17, 15) is 4.79 Å². The normalized spacial score (nSPS) is 10.6. The summed E-state index contributed by atoms with van der Waals surface area (Å²) in [5, 5.41) is 0.896. The molecular formula is C8H6ClN3O. The summed E-state index contributed by atoms with van der Waals surface area (Å²) in [5.41, 5.74) is 1.88. The minimum absolute atomic E-state index is 0.302. The Morgan fingerprint density at radius 1 is 1.54 bits per heavy atom. The lowest BCUT2D eigenvalue weighted by atomic mass is 10.2. The molecule has 0 fully saturated rings. The molecule has 0 aromatic carbocycles. The van der Waals surface area contributed by atoms with Crippen LogP contribution in [-0.4, -0.2) is 21.2 Å². The Morgan fingerprint density at radius 3 is 3.00 bits per heavy atom. The molecule has 5 heteroatoms. The Bertz CT molecular complexity index is 477. The van der Waals surface area contributed by atoms with Crippen LogP contribution in [0, 0.1) is 6.92 Å². The molecule has 2 aromatic rings. The van der Waals surface area contributed by atoms with Crippen LogP contribution >= 0.6 is 11.6 Å². The van der Waals surface area contributed by atoms with Crippen LogP contribution in [0.3, 0.4) is 0 Å². The fourth-order valence-electron chi connectivity index (χ4n) is 1.28. The zero-order valence-corrected chi connectivity index (χ0v) is 7.59. The lowest BCUT2D eigenvalue weighted by Crippen LogP contribution is -1.83. The Kier molecular flexibility index (Phi) is 1.77. The summed E-state index contributed by atoms with van der Waals surface area (Å²) < 4.78 is 0. The van der Waals surface area contributed by atoms with Gasteiger partial charge in [0.05, 0.1) is 5.39 Å². The molecule has 0 aliphatic carbocycles. The molecule has 0 atom stereocenters. The van der Waals surface area contributed by atoms with Crippen molar-refractivity contribution in [2.45, 2.75) is 6.92 Å². The number of rotatable bonds is 1. The molecule has 2 heterocycles. The van der Waals surface area contributed by atoms with Gasteiger partial charge in [0.15, 0.2) is 6.29 Å². The van der Waals surface area contributed by atoms with Crippen LogP contribution in [0.25, 0.3) is 11.0 Å². The van der Waals surface area contributed by atoms with Crippen LogP contribution in [0.4, 0.5) is 0 Å². The van der Waals surface area contributed by atoms with E-state index in [1.165, 1.54) is 6.33 Å². The summed E-state index contributed by atoms with van der Waals surface area (Å²) in [4.78, 5) is 21.4. The van der Waals surface area contributed by atoms with E-state index in [-0.39, 0.29) is 0 Å². The highest BCUT2D eigenvalue weighted by molar-refractivity contribution is 6.35. The second-order valence-corrected chi connectivity index (χ2v) is 3.03. The van der Waals surface area contributed by atoms with Crippen molar-refractivity contribution < 1.29 is 4.79 Å². The van der Waals surface area contributed by atoms with E-state index in [2.05, 4.69) is 15.0 Å². The van der Waals surface area contributed by atoms with E-state index < -0.39 is 0 Å². The van der Waals surface area contributed by atoms with E-state index in [1.807, 2.05) is 0 Å². The molecule has 1 N–H and O–H groups in total. The fraction of sp³-hybridized carbons (Fsp3) is 0.125. The molecule has 0 bridgehead atoms. The van der Waals surface area contributed by atoms with Gasteiger partial charge in [-0.25, -0.2) is 9.97 Å². The lowest BCUT2D eigenvalue weighted by Gasteiger charge is -1.91. The number of H-pyrrole nitrogens is 1. The van der Waals surface area contributed by atoms with E-state index in [1.54, 1.807) is 6.92 Å². The van der Waals surface area contributed by atoms with Crippen molar-refractivity contribution in [3.8, 4) is 0 Å². The van der Waals surface area contributed by atoms with Gasteiger partial charge in [-0.2, -0.15) is 0 Å². The van der Waals surface area contributed by atoms with Gasteiger partial charge < -0.3 is 4.98 Å². The molecule has 0 unspecified atom stereocenters. The number of halogens is 1. The third-order valence-corrected chi connectivity index (χ3v) is 2.18. The molecule has 0 spiro atoms. The summed E-state index contributed by atoms with van der Waals surface area (Å²) >= 11 is 5.82. The number of nitrogens with one attached hydrogen (secondary N) is 1. The van der Waals surface area contributed by atoms with Crippen LogP contribution in [0.2, 0.25) is 5.15 Å². The van der Waals surface area contributed by atoms with Gasteiger partial charge >= 0.3 is 0 Å². The number of aryl methyl sites for hydroxylation is 1. The van der Waals surface area contributed by atoms with Crippen molar-refractivity contribution in [2.75, 3.05) is 0 Å². The zero-order chi connectivity index (χ0) is 9.42. The van der Waals surface area contributed by atoms with Gasteiger partial charge in [0.1, 0.15) is 17.1 Å². The number of hydrogen-bond acceptors (Lipinski definition) is 3. The smallest absolute Gasteiger partial charge is 0.152 e. The first-order valence-corrected chi connectivity index (χ1v) is 4.05. The number of aromatic nitrogens is 3. The van der Waals surface area contributed by atoms with E-state index in [4.69, 9.17) is 11.6 Å². The molecule has 2 aromatic heterocycles. The molecule has 13 heavy (non-hydrogen) atoms. The number of carbonyl (C=O) groups is 1. The average molecular weight is 196 g/mol. The monoisotopic (exact) mass is 195 g/mol. The quantitative estimate of drug-likeness (QED) is 0.557. The Hall–Kier alpha value is -1.42. The van der Waals surface area contributed by atoms with E-state index >= 15 is 0 Å². The van der Waals surface area contributed by atoms with E-state index in [0.717, 1.165) is 12.0 Å². The molecule has 0 aliphatic rings. The summed E-state index contributed by atoms with van der Waals surface area (Å²) in [7, 11) is 0. The highest BCUT2D eigenvalue weighted by Crippen LogP contribution is 2.24. The van der Waals surface area contributed by atoms with Gasteiger partial charge in [-0.05, 0) is 6.92 Å². The predicted molar refractivity (Wildman–Crippen MR) is 49.0 cm³/mol. The highest BCUT2D eigenvalue weighted by Gasteiger charge is 2.11. The van der Waals surface area contributed by atoms with Gasteiger partial charge in [0.2, 0.25) is 0 Å².